The average Bonchev–Trinajstić information content (AvgIpc) is 2.41. The molecule has 0 amide bonds. The Labute approximate surface area is 120 Å². The molecule has 0 aliphatic rings. The van der Waals surface area contributed by atoms with Gasteiger partial charge in [0.15, 0.2) is 0 Å². The molecule has 94 valence electrons. The molecule has 0 spiro atoms. The summed E-state index contributed by atoms with van der Waals surface area (Å²) >= 11 is 9.48. The standard InChI is InChI=1S/C14H14BrClN2/c1-9(10-4-6-18-7-5-10)14(17)11-2-3-12(15)13(16)8-11/h2-9,14H,17H2,1H3. The Morgan fingerprint density at radius 3 is 2.44 bits per heavy atom. The van der Waals surface area contributed by atoms with Crippen LogP contribution < -0.4 is 5.73 Å². The number of rotatable bonds is 3. The third-order valence-corrected chi connectivity index (χ3v) is 4.33. The molecule has 2 nitrogen and oxygen atoms in total. The van der Waals surface area contributed by atoms with Gasteiger partial charge in [-0.2, -0.15) is 0 Å². The minimum absolute atomic E-state index is 0.0852. The number of nitrogens with zero attached hydrogens (tertiary/aromatic N) is 1. The topological polar surface area (TPSA) is 38.9 Å². The lowest BCUT2D eigenvalue weighted by Gasteiger charge is -2.21. The minimum Gasteiger partial charge on any atom is -0.323 e. The van der Waals surface area contributed by atoms with E-state index in [1.807, 2.05) is 30.3 Å². The Kier molecular flexibility index (Phi) is 4.38. The Bertz CT molecular complexity index is 531. The molecule has 2 N–H and O–H groups in total. The van der Waals surface area contributed by atoms with E-state index in [0.29, 0.717) is 5.02 Å². The predicted octanol–water partition coefficient (Wildman–Crippen LogP) is 4.30. The summed E-state index contributed by atoms with van der Waals surface area (Å²) in [7, 11) is 0. The average molecular weight is 326 g/mol. The van der Waals surface area contributed by atoms with Crippen molar-refractivity contribution in [2.45, 2.75) is 18.9 Å². The van der Waals surface area contributed by atoms with E-state index >= 15 is 0 Å². The summed E-state index contributed by atoms with van der Waals surface area (Å²) in [6.07, 6.45) is 3.57. The van der Waals surface area contributed by atoms with Crippen molar-refractivity contribution < 1.29 is 0 Å². The molecule has 1 heterocycles. The van der Waals surface area contributed by atoms with E-state index in [1.54, 1.807) is 12.4 Å². The fourth-order valence-electron chi connectivity index (χ4n) is 1.88. The van der Waals surface area contributed by atoms with Gasteiger partial charge in [0.1, 0.15) is 0 Å². The smallest absolute Gasteiger partial charge is 0.0551 e. The molecule has 18 heavy (non-hydrogen) atoms. The first-order chi connectivity index (χ1) is 8.59. The summed E-state index contributed by atoms with van der Waals surface area (Å²) in [5, 5.41) is 0.685. The number of hydrogen-bond donors (Lipinski definition) is 1. The van der Waals surface area contributed by atoms with E-state index < -0.39 is 0 Å². The van der Waals surface area contributed by atoms with E-state index in [0.717, 1.165) is 10.0 Å². The van der Waals surface area contributed by atoms with Gasteiger partial charge < -0.3 is 5.73 Å². The molecule has 0 bridgehead atoms. The van der Waals surface area contributed by atoms with Crippen LogP contribution in [0.3, 0.4) is 0 Å². The first kappa shape index (κ1) is 13.5. The highest BCUT2D eigenvalue weighted by Gasteiger charge is 2.17. The van der Waals surface area contributed by atoms with Gasteiger partial charge in [0, 0.05) is 28.8 Å². The molecule has 4 heteroatoms. The molecular formula is C14H14BrClN2. The summed E-state index contributed by atoms with van der Waals surface area (Å²) in [5.41, 5.74) is 8.51. The van der Waals surface area contributed by atoms with Gasteiger partial charge in [-0.3, -0.25) is 4.98 Å². The van der Waals surface area contributed by atoms with Crippen molar-refractivity contribution in [3.8, 4) is 0 Å². The summed E-state index contributed by atoms with van der Waals surface area (Å²) in [6, 6.07) is 9.73. The van der Waals surface area contributed by atoms with Crippen LogP contribution in [-0.2, 0) is 0 Å². The summed E-state index contributed by atoms with van der Waals surface area (Å²) in [4.78, 5) is 4.02. The minimum atomic E-state index is -0.0852. The lowest BCUT2D eigenvalue weighted by atomic mass is 9.90. The molecule has 0 aliphatic carbocycles. The van der Waals surface area contributed by atoms with Crippen molar-refractivity contribution in [1.29, 1.82) is 0 Å². The van der Waals surface area contributed by atoms with Crippen LogP contribution in [0.25, 0.3) is 0 Å². The van der Waals surface area contributed by atoms with Crippen molar-refractivity contribution in [3.05, 3.63) is 63.3 Å². The second kappa shape index (κ2) is 5.83. The van der Waals surface area contributed by atoms with E-state index in [4.69, 9.17) is 17.3 Å². The van der Waals surface area contributed by atoms with Crippen molar-refractivity contribution in [3.63, 3.8) is 0 Å². The zero-order valence-corrected chi connectivity index (χ0v) is 12.3. The van der Waals surface area contributed by atoms with Crippen LogP contribution in [0.1, 0.15) is 30.0 Å². The molecule has 2 unspecified atom stereocenters. The monoisotopic (exact) mass is 324 g/mol. The lowest BCUT2D eigenvalue weighted by molar-refractivity contribution is 0.597. The van der Waals surface area contributed by atoms with Crippen molar-refractivity contribution in [2.24, 2.45) is 5.73 Å². The highest BCUT2D eigenvalue weighted by molar-refractivity contribution is 9.10. The fourth-order valence-corrected chi connectivity index (χ4v) is 2.32. The second-order valence-electron chi connectivity index (χ2n) is 4.27. The second-order valence-corrected chi connectivity index (χ2v) is 5.53. The Hall–Kier alpha value is -0.900. The molecule has 2 rings (SSSR count). The highest BCUT2D eigenvalue weighted by Crippen LogP contribution is 2.31. The molecule has 1 aromatic heterocycles. The van der Waals surface area contributed by atoms with Crippen LogP contribution in [-0.4, -0.2) is 4.98 Å². The molecule has 1 aromatic carbocycles. The Balaban J connectivity index is 2.25. The maximum atomic E-state index is 6.30. The van der Waals surface area contributed by atoms with Crippen LogP contribution in [0, 0.1) is 0 Å². The molecule has 2 atom stereocenters. The van der Waals surface area contributed by atoms with Gasteiger partial charge in [-0.05, 0) is 51.3 Å². The van der Waals surface area contributed by atoms with E-state index in [2.05, 4.69) is 27.8 Å². The normalized spacial score (nSPS) is 14.2. The zero-order valence-electron chi connectivity index (χ0n) is 9.98. The van der Waals surface area contributed by atoms with Gasteiger partial charge in [-0.1, -0.05) is 24.6 Å². The van der Waals surface area contributed by atoms with Crippen LogP contribution in [0.15, 0.2) is 47.2 Å². The Morgan fingerprint density at radius 1 is 1.17 bits per heavy atom. The molecule has 0 radical (unpaired) electrons. The largest absolute Gasteiger partial charge is 0.323 e. The van der Waals surface area contributed by atoms with Gasteiger partial charge in [0.25, 0.3) is 0 Å². The SMILES string of the molecule is CC(c1ccncc1)C(N)c1ccc(Br)c(Cl)c1. The van der Waals surface area contributed by atoms with E-state index in [-0.39, 0.29) is 12.0 Å². The molecule has 0 saturated heterocycles. The predicted molar refractivity (Wildman–Crippen MR) is 78.7 cm³/mol. The number of pyridine rings is 1. The van der Waals surface area contributed by atoms with Gasteiger partial charge >= 0.3 is 0 Å². The summed E-state index contributed by atoms with van der Waals surface area (Å²) in [5.74, 6) is 0.213. The molecule has 0 saturated carbocycles. The first-order valence-electron chi connectivity index (χ1n) is 5.70. The van der Waals surface area contributed by atoms with Crippen molar-refractivity contribution in [1.82, 2.24) is 4.98 Å². The first-order valence-corrected chi connectivity index (χ1v) is 6.87. The third-order valence-electron chi connectivity index (χ3n) is 3.10. The van der Waals surface area contributed by atoms with Gasteiger partial charge in [-0.25, -0.2) is 0 Å². The maximum Gasteiger partial charge on any atom is 0.0551 e. The maximum absolute atomic E-state index is 6.30. The quantitative estimate of drug-likeness (QED) is 0.913. The number of benzene rings is 1. The number of hydrogen-bond acceptors (Lipinski definition) is 2. The van der Waals surface area contributed by atoms with Crippen molar-refractivity contribution in [2.75, 3.05) is 0 Å². The summed E-state index contributed by atoms with van der Waals surface area (Å²) in [6.45, 7) is 2.11. The van der Waals surface area contributed by atoms with Crippen LogP contribution in [0.4, 0.5) is 0 Å². The van der Waals surface area contributed by atoms with Crippen LogP contribution in [0.5, 0.6) is 0 Å². The zero-order chi connectivity index (χ0) is 13.1. The number of aromatic nitrogens is 1. The number of nitrogens with two attached hydrogens (primary N) is 1. The van der Waals surface area contributed by atoms with Gasteiger partial charge in [0.05, 0.1) is 5.02 Å². The van der Waals surface area contributed by atoms with Crippen LogP contribution >= 0.6 is 27.5 Å². The van der Waals surface area contributed by atoms with E-state index in [9.17, 15) is 0 Å². The van der Waals surface area contributed by atoms with E-state index in [1.165, 1.54) is 5.56 Å². The number of halogens is 2. The molecule has 0 aliphatic heterocycles. The molecule has 2 aromatic rings. The van der Waals surface area contributed by atoms with Crippen LogP contribution in [0.2, 0.25) is 5.02 Å². The fraction of sp³-hybridized carbons (Fsp3) is 0.214. The summed E-state index contributed by atoms with van der Waals surface area (Å²) < 4.78 is 0.886. The lowest BCUT2D eigenvalue weighted by Crippen LogP contribution is -2.17. The van der Waals surface area contributed by atoms with Gasteiger partial charge in [0.2, 0.25) is 0 Å². The van der Waals surface area contributed by atoms with Gasteiger partial charge in [-0.15, -0.1) is 0 Å². The third kappa shape index (κ3) is 2.91. The highest BCUT2D eigenvalue weighted by atomic mass is 79.9. The molecule has 0 fully saturated rings. The Morgan fingerprint density at radius 2 is 1.83 bits per heavy atom. The molecular weight excluding hydrogens is 312 g/mol. The van der Waals surface area contributed by atoms with Crippen molar-refractivity contribution >= 4 is 27.5 Å².